The second kappa shape index (κ2) is 4.80. The molecule has 2 rings (SSSR count). The molecule has 1 N–H and O–H groups in total. The van der Waals surface area contributed by atoms with Gasteiger partial charge in [-0.1, -0.05) is 22.0 Å². The van der Waals surface area contributed by atoms with Gasteiger partial charge in [0.25, 0.3) is 0 Å². The lowest BCUT2D eigenvalue weighted by molar-refractivity contribution is 0.456. The Bertz CT molecular complexity index is 481. The molecule has 2 aromatic rings. The lowest BCUT2D eigenvalue weighted by Crippen LogP contribution is -2.11. The van der Waals surface area contributed by atoms with E-state index in [0.717, 1.165) is 15.8 Å². The predicted molar refractivity (Wildman–Crippen MR) is 67.1 cm³/mol. The number of rotatable bonds is 3. The summed E-state index contributed by atoms with van der Waals surface area (Å²) in [6, 6.07) is 8.08. The number of hydrogen-bond donors (Lipinski definition) is 1. The van der Waals surface area contributed by atoms with Crippen LogP contribution in [0.4, 0.5) is 0 Å². The molecule has 0 aliphatic rings. The largest absolute Gasteiger partial charge is 0.440 e. The van der Waals surface area contributed by atoms with Crippen LogP contribution in [0.1, 0.15) is 18.7 Å². The van der Waals surface area contributed by atoms with Crippen molar-refractivity contribution in [3.05, 3.63) is 40.7 Å². The molecule has 0 fully saturated rings. The monoisotopic (exact) mass is 280 g/mol. The van der Waals surface area contributed by atoms with Crippen LogP contribution in [0.5, 0.6) is 0 Å². The first-order valence-corrected chi connectivity index (χ1v) is 5.89. The van der Waals surface area contributed by atoms with Crippen molar-refractivity contribution in [2.75, 3.05) is 7.05 Å². The van der Waals surface area contributed by atoms with Crippen molar-refractivity contribution in [3.8, 4) is 11.5 Å². The molecule has 0 saturated carbocycles. The summed E-state index contributed by atoms with van der Waals surface area (Å²) in [5, 5.41) is 3.11. The molecule has 16 heavy (non-hydrogen) atoms. The van der Waals surface area contributed by atoms with Gasteiger partial charge in [-0.3, -0.25) is 0 Å². The Hall–Kier alpha value is -1.13. The molecule has 3 nitrogen and oxygen atoms in total. The minimum absolute atomic E-state index is 0.174. The highest BCUT2D eigenvalue weighted by atomic mass is 79.9. The van der Waals surface area contributed by atoms with E-state index in [0.29, 0.717) is 5.89 Å². The minimum atomic E-state index is 0.174. The van der Waals surface area contributed by atoms with Crippen LogP contribution >= 0.6 is 15.9 Å². The van der Waals surface area contributed by atoms with E-state index in [4.69, 9.17) is 4.42 Å². The molecule has 1 heterocycles. The van der Waals surface area contributed by atoms with Crippen LogP contribution in [0.15, 0.2) is 39.4 Å². The van der Waals surface area contributed by atoms with Gasteiger partial charge in [0.05, 0.1) is 12.2 Å². The summed E-state index contributed by atoms with van der Waals surface area (Å²) in [6.45, 7) is 2.03. The number of nitrogens with zero attached hydrogens (tertiary/aromatic N) is 1. The Balaban J connectivity index is 2.31. The molecule has 4 heteroatoms. The topological polar surface area (TPSA) is 38.1 Å². The van der Waals surface area contributed by atoms with Crippen LogP contribution < -0.4 is 5.32 Å². The summed E-state index contributed by atoms with van der Waals surface area (Å²) >= 11 is 3.43. The summed E-state index contributed by atoms with van der Waals surface area (Å²) in [5.41, 5.74) is 0.976. The number of nitrogens with one attached hydrogen (secondary N) is 1. The van der Waals surface area contributed by atoms with Gasteiger partial charge in [-0.25, -0.2) is 4.98 Å². The average Bonchev–Trinajstić information content (AvgIpc) is 2.77. The minimum Gasteiger partial charge on any atom is -0.440 e. The van der Waals surface area contributed by atoms with E-state index in [1.807, 2.05) is 38.2 Å². The Morgan fingerprint density at radius 1 is 1.44 bits per heavy atom. The van der Waals surface area contributed by atoms with Crippen LogP contribution in [0.3, 0.4) is 0 Å². The number of hydrogen-bond acceptors (Lipinski definition) is 3. The molecule has 0 aliphatic carbocycles. The molecule has 0 spiro atoms. The highest BCUT2D eigenvalue weighted by Gasteiger charge is 2.11. The van der Waals surface area contributed by atoms with E-state index in [9.17, 15) is 0 Å². The molecule has 1 atom stereocenters. The van der Waals surface area contributed by atoms with Gasteiger partial charge in [0.2, 0.25) is 5.89 Å². The fourth-order valence-electron chi connectivity index (χ4n) is 1.38. The SMILES string of the molecule is CNC(C)c1cnc(-c2cccc(Br)c2)o1. The van der Waals surface area contributed by atoms with E-state index < -0.39 is 0 Å². The molecule has 1 aromatic carbocycles. The van der Waals surface area contributed by atoms with Crippen LogP contribution in [-0.4, -0.2) is 12.0 Å². The van der Waals surface area contributed by atoms with Crippen molar-refractivity contribution in [1.29, 1.82) is 0 Å². The van der Waals surface area contributed by atoms with Gasteiger partial charge in [-0.05, 0) is 32.2 Å². The molecule has 0 aliphatic heterocycles. The highest BCUT2D eigenvalue weighted by molar-refractivity contribution is 9.10. The summed E-state index contributed by atoms with van der Waals surface area (Å²) in [5.74, 6) is 1.50. The Kier molecular flexibility index (Phi) is 3.41. The summed E-state index contributed by atoms with van der Waals surface area (Å²) in [6.07, 6.45) is 1.76. The standard InChI is InChI=1S/C12H13BrN2O/c1-8(14-2)11-7-15-12(16-11)9-4-3-5-10(13)6-9/h3-8,14H,1-2H3. The van der Waals surface area contributed by atoms with Crippen LogP contribution in [-0.2, 0) is 0 Å². The van der Waals surface area contributed by atoms with E-state index >= 15 is 0 Å². The normalized spacial score (nSPS) is 12.7. The van der Waals surface area contributed by atoms with Crippen LogP contribution in [0.2, 0.25) is 0 Å². The van der Waals surface area contributed by atoms with Gasteiger partial charge >= 0.3 is 0 Å². The lowest BCUT2D eigenvalue weighted by Gasteiger charge is -2.04. The predicted octanol–water partition coefficient (Wildman–Crippen LogP) is 3.38. The van der Waals surface area contributed by atoms with Gasteiger partial charge in [0.15, 0.2) is 0 Å². The quantitative estimate of drug-likeness (QED) is 0.937. The Morgan fingerprint density at radius 2 is 2.25 bits per heavy atom. The Labute approximate surface area is 103 Å². The number of oxazole rings is 1. The third kappa shape index (κ3) is 2.33. The third-order valence-corrected chi connectivity index (χ3v) is 2.95. The van der Waals surface area contributed by atoms with Gasteiger partial charge in [-0.15, -0.1) is 0 Å². The fourth-order valence-corrected chi connectivity index (χ4v) is 1.78. The summed E-state index contributed by atoms with van der Waals surface area (Å²) in [7, 11) is 1.89. The molecule has 0 radical (unpaired) electrons. The van der Waals surface area contributed by atoms with E-state index in [1.165, 1.54) is 0 Å². The maximum atomic E-state index is 5.68. The first-order valence-electron chi connectivity index (χ1n) is 5.09. The van der Waals surface area contributed by atoms with Crippen molar-refractivity contribution < 1.29 is 4.42 Å². The van der Waals surface area contributed by atoms with E-state index in [1.54, 1.807) is 6.20 Å². The second-order valence-electron chi connectivity index (χ2n) is 3.59. The molecule has 1 unspecified atom stereocenters. The first kappa shape index (κ1) is 11.4. The third-order valence-electron chi connectivity index (χ3n) is 2.45. The van der Waals surface area contributed by atoms with E-state index in [-0.39, 0.29) is 6.04 Å². The maximum Gasteiger partial charge on any atom is 0.226 e. The van der Waals surface area contributed by atoms with Crippen molar-refractivity contribution in [2.24, 2.45) is 0 Å². The van der Waals surface area contributed by atoms with Crippen molar-refractivity contribution in [1.82, 2.24) is 10.3 Å². The first-order chi connectivity index (χ1) is 7.70. The maximum absolute atomic E-state index is 5.68. The van der Waals surface area contributed by atoms with Crippen LogP contribution in [0.25, 0.3) is 11.5 Å². The molecular weight excluding hydrogens is 268 g/mol. The molecule has 0 bridgehead atoms. The van der Waals surface area contributed by atoms with Crippen molar-refractivity contribution in [3.63, 3.8) is 0 Å². The van der Waals surface area contributed by atoms with Crippen LogP contribution in [0, 0.1) is 0 Å². The van der Waals surface area contributed by atoms with Gasteiger partial charge in [0, 0.05) is 10.0 Å². The van der Waals surface area contributed by atoms with Crippen molar-refractivity contribution >= 4 is 15.9 Å². The zero-order chi connectivity index (χ0) is 11.5. The van der Waals surface area contributed by atoms with Gasteiger partial charge in [0.1, 0.15) is 5.76 Å². The average molecular weight is 281 g/mol. The molecular formula is C12H13BrN2O. The smallest absolute Gasteiger partial charge is 0.226 e. The summed E-state index contributed by atoms with van der Waals surface area (Å²) in [4.78, 5) is 4.27. The molecule has 0 saturated heterocycles. The zero-order valence-electron chi connectivity index (χ0n) is 9.20. The zero-order valence-corrected chi connectivity index (χ0v) is 10.8. The summed E-state index contributed by atoms with van der Waals surface area (Å²) < 4.78 is 6.70. The molecule has 1 aromatic heterocycles. The number of aromatic nitrogens is 1. The fraction of sp³-hybridized carbons (Fsp3) is 0.250. The number of halogens is 1. The highest BCUT2D eigenvalue weighted by Crippen LogP contribution is 2.24. The molecule has 0 amide bonds. The second-order valence-corrected chi connectivity index (χ2v) is 4.50. The van der Waals surface area contributed by atoms with Gasteiger partial charge in [-0.2, -0.15) is 0 Å². The van der Waals surface area contributed by atoms with Gasteiger partial charge < -0.3 is 9.73 Å². The molecule has 84 valence electrons. The number of benzene rings is 1. The van der Waals surface area contributed by atoms with E-state index in [2.05, 4.69) is 26.2 Å². The lowest BCUT2D eigenvalue weighted by atomic mass is 10.2. The Morgan fingerprint density at radius 3 is 2.94 bits per heavy atom. The van der Waals surface area contributed by atoms with Crippen molar-refractivity contribution in [2.45, 2.75) is 13.0 Å².